The number of nitrogens with zero attached hydrogens (tertiary/aromatic N) is 4. The number of aryl methyl sites for hydroxylation is 1. The Kier molecular flexibility index (Phi) is 4.67. The molecule has 3 heterocycles. The van der Waals surface area contributed by atoms with Gasteiger partial charge in [-0.25, -0.2) is 4.98 Å². The second kappa shape index (κ2) is 6.83. The fraction of sp³-hybridized carbons (Fsp3) is 0.474. The Hall–Kier alpha value is -1.63. The zero-order chi connectivity index (χ0) is 18.4. The summed E-state index contributed by atoms with van der Waals surface area (Å²) < 4.78 is 1.55. The van der Waals surface area contributed by atoms with Gasteiger partial charge in [0.1, 0.15) is 5.82 Å². The molecule has 1 fully saturated rings. The molecule has 0 bridgehead atoms. The summed E-state index contributed by atoms with van der Waals surface area (Å²) in [6.45, 7) is 8.44. The van der Waals surface area contributed by atoms with E-state index >= 15 is 0 Å². The van der Waals surface area contributed by atoms with Gasteiger partial charge < -0.3 is 5.11 Å². The Morgan fingerprint density at radius 1 is 1.19 bits per heavy atom. The fourth-order valence-corrected chi connectivity index (χ4v) is 5.41. The molecule has 4 rings (SSSR count). The molecule has 0 radical (unpaired) electrons. The second-order valence-corrected chi connectivity index (χ2v) is 8.94. The zero-order valence-corrected chi connectivity index (χ0v) is 16.8. The molecule has 3 atom stereocenters. The van der Waals surface area contributed by atoms with Crippen molar-refractivity contribution in [1.29, 1.82) is 0 Å². The van der Waals surface area contributed by atoms with E-state index in [0.29, 0.717) is 17.7 Å². The minimum Gasteiger partial charge on any atom is -0.492 e. The first kappa shape index (κ1) is 17.8. The molecule has 2 aromatic heterocycles. The monoisotopic (exact) mass is 390 g/mol. The summed E-state index contributed by atoms with van der Waals surface area (Å²) in [5.41, 5.74) is 1.13. The summed E-state index contributed by atoms with van der Waals surface area (Å²) in [5, 5.41) is 15.9. The normalized spacial score (nSPS) is 22.8. The molecule has 0 aliphatic carbocycles. The first-order valence-electron chi connectivity index (χ1n) is 8.97. The van der Waals surface area contributed by atoms with Crippen LogP contribution in [0.2, 0.25) is 5.02 Å². The van der Waals surface area contributed by atoms with E-state index in [0.717, 1.165) is 33.5 Å². The first-order valence-corrected chi connectivity index (χ1v) is 10.2. The number of hydrogen-bond donors (Lipinski definition) is 1. The van der Waals surface area contributed by atoms with E-state index in [9.17, 15) is 5.11 Å². The van der Waals surface area contributed by atoms with Crippen LogP contribution in [0.4, 0.5) is 0 Å². The van der Waals surface area contributed by atoms with E-state index in [2.05, 4.69) is 41.0 Å². The number of thiazole rings is 1. The lowest BCUT2D eigenvalue weighted by atomic mass is 9.89. The predicted octanol–water partition coefficient (Wildman–Crippen LogP) is 4.53. The van der Waals surface area contributed by atoms with Crippen molar-refractivity contribution >= 4 is 27.9 Å². The molecular weight excluding hydrogens is 368 g/mol. The summed E-state index contributed by atoms with van der Waals surface area (Å²) in [6, 6.07) is 7.92. The highest BCUT2D eigenvalue weighted by atomic mass is 35.5. The highest BCUT2D eigenvalue weighted by Gasteiger charge is 2.33. The van der Waals surface area contributed by atoms with Crippen LogP contribution in [0.3, 0.4) is 0 Å². The lowest BCUT2D eigenvalue weighted by molar-refractivity contribution is 0.112. The van der Waals surface area contributed by atoms with E-state index in [1.165, 1.54) is 17.8 Å². The molecule has 7 heteroatoms. The van der Waals surface area contributed by atoms with Crippen LogP contribution in [-0.4, -0.2) is 37.7 Å². The predicted molar refractivity (Wildman–Crippen MR) is 105 cm³/mol. The van der Waals surface area contributed by atoms with Crippen molar-refractivity contribution in [2.75, 3.05) is 13.1 Å². The van der Waals surface area contributed by atoms with Crippen molar-refractivity contribution in [3.05, 3.63) is 45.6 Å². The summed E-state index contributed by atoms with van der Waals surface area (Å²) >= 11 is 7.62. The molecule has 1 N–H and O–H groups in total. The molecule has 3 aromatic rings. The summed E-state index contributed by atoms with van der Waals surface area (Å²) in [4.78, 5) is 8.52. The summed E-state index contributed by atoms with van der Waals surface area (Å²) in [5.74, 6) is 2.11. The molecule has 138 valence electrons. The van der Waals surface area contributed by atoms with Crippen LogP contribution in [0.25, 0.3) is 4.96 Å². The smallest absolute Gasteiger partial charge is 0.230 e. The van der Waals surface area contributed by atoms with Crippen molar-refractivity contribution < 1.29 is 5.11 Å². The Morgan fingerprint density at radius 3 is 2.46 bits per heavy atom. The fourth-order valence-electron chi connectivity index (χ4n) is 4.12. The largest absolute Gasteiger partial charge is 0.492 e. The molecular formula is C19H23ClN4OS. The Balaban J connectivity index is 1.82. The number of fused-ring (bicyclic) bond motifs is 1. The molecule has 1 saturated heterocycles. The van der Waals surface area contributed by atoms with Gasteiger partial charge in [0.15, 0.2) is 0 Å². The molecule has 5 nitrogen and oxygen atoms in total. The topological polar surface area (TPSA) is 53.7 Å². The number of hydrogen-bond acceptors (Lipinski definition) is 5. The third-order valence-electron chi connectivity index (χ3n) is 5.00. The number of aromatic hydroxyl groups is 1. The Morgan fingerprint density at radius 2 is 1.85 bits per heavy atom. The van der Waals surface area contributed by atoms with Crippen molar-refractivity contribution in [2.45, 2.75) is 33.2 Å². The minimum atomic E-state index is -0.0220. The lowest BCUT2D eigenvalue weighted by Crippen LogP contribution is -2.41. The van der Waals surface area contributed by atoms with Gasteiger partial charge in [-0.15, -0.1) is 5.10 Å². The van der Waals surface area contributed by atoms with Crippen molar-refractivity contribution in [3.63, 3.8) is 0 Å². The van der Waals surface area contributed by atoms with E-state index in [1.54, 1.807) is 4.52 Å². The van der Waals surface area contributed by atoms with Gasteiger partial charge >= 0.3 is 0 Å². The SMILES string of the molecule is Cc1nc2sc([C@@H](c3ccc(Cl)cc3)N3C[C@@H](C)C[C@H](C)C3)c(O)n2n1. The number of likely N-dealkylation sites (tertiary alicyclic amines) is 1. The van der Waals surface area contributed by atoms with Gasteiger partial charge in [0, 0.05) is 18.1 Å². The average molecular weight is 391 g/mol. The van der Waals surface area contributed by atoms with Gasteiger partial charge in [0.2, 0.25) is 10.8 Å². The summed E-state index contributed by atoms with van der Waals surface area (Å²) in [7, 11) is 0. The van der Waals surface area contributed by atoms with E-state index in [-0.39, 0.29) is 11.9 Å². The van der Waals surface area contributed by atoms with Crippen molar-refractivity contribution in [1.82, 2.24) is 19.5 Å². The van der Waals surface area contributed by atoms with Crippen LogP contribution in [0.5, 0.6) is 5.88 Å². The van der Waals surface area contributed by atoms with Crippen molar-refractivity contribution in [3.8, 4) is 5.88 Å². The number of rotatable bonds is 3. The van der Waals surface area contributed by atoms with Gasteiger partial charge in [0.25, 0.3) is 0 Å². The van der Waals surface area contributed by atoms with Crippen LogP contribution in [0, 0.1) is 18.8 Å². The van der Waals surface area contributed by atoms with Crippen LogP contribution in [-0.2, 0) is 0 Å². The maximum Gasteiger partial charge on any atom is 0.230 e. The molecule has 0 saturated carbocycles. The van der Waals surface area contributed by atoms with Gasteiger partial charge in [-0.2, -0.15) is 4.52 Å². The minimum absolute atomic E-state index is 0.0220. The third-order valence-corrected chi connectivity index (χ3v) is 6.33. The first-order chi connectivity index (χ1) is 12.4. The zero-order valence-electron chi connectivity index (χ0n) is 15.2. The maximum atomic E-state index is 10.9. The van der Waals surface area contributed by atoms with Crippen LogP contribution < -0.4 is 0 Å². The lowest BCUT2D eigenvalue weighted by Gasteiger charge is -2.40. The Labute approximate surface area is 162 Å². The van der Waals surface area contributed by atoms with E-state index < -0.39 is 0 Å². The molecule has 1 aliphatic heterocycles. The van der Waals surface area contributed by atoms with Gasteiger partial charge in [0.05, 0.1) is 10.9 Å². The number of benzene rings is 1. The molecule has 0 unspecified atom stereocenters. The van der Waals surface area contributed by atoms with Gasteiger partial charge in [-0.1, -0.05) is 48.9 Å². The highest BCUT2D eigenvalue weighted by Crippen LogP contribution is 2.42. The molecule has 1 aliphatic rings. The van der Waals surface area contributed by atoms with E-state index in [1.807, 2.05) is 19.1 Å². The second-order valence-electron chi connectivity index (χ2n) is 7.50. The number of halogens is 1. The van der Waals surface area contributed by atoms with Crippen LogP contribution in [0.15, 0.2) is 24.3 Å². The Bertz CT molecular complexity index is 910. The average Bonchev–Trinajstić information content (AvgIpc) is 3.07. The maximum absolute atomic E-state index is 10.9. The molecule has 1 aromatic carbocycles. The highest BCUT2D eigenvalue weighted by molar-refractivity contribution is 7.17. The molecule has 0 amide bonds. The number of aromatic nitrogens is 3. The number of piperidine rings is 1. The molecule has 26 heavy (non-hydrogen) atoms. The van der Waals surface area contributed by atoms with Crippen molar-refractivity contribution in [2.24, 2.45) is 11.8 Å². The quantitative estimate of drug-likeness (QED) is 0.714. The van der Waals surface area contributed by atoms with Crippen LogP contribution >= 0.6 is 22.9 Å². The standard InChI is InChI=1S/C19H23ClN4OS/c1-11-8-12(2)10-23(9-11)16(14-4-6-15(20)7-5-14)17-18(25)24-19(26-17)21-13(3)22-24/h4-7,11-12,16,25H,8-10H2,1-3H3/t11-,12-,16+/m0/s1. The van der Waals surface area contributed by atoms with Gasteiger partial charge in [-0.05, 0) is 42.9 Å². The van der Waals surface area contributed by atoms with Gasteiger partial charge in [-0.3, -0.25) is 4.90 Å². The third kappa shape index (κ3) is 3.21. The molecule has 0 spiro atoms. The van der Waals surface area contributed by atoms with E-state index in [4.69, 9.17) is 11.6 Å². The summed E-state index contributed by atoms with van der Waals surface area (Å²) in [6.07, 6.45) is 1.24. The van der Waals surface area contributed by atoms with Crippen LogP contribution in [0.1, 0.15) is 42.6 Å².